The van der Waals surface area contributed by atoms with Crippen LogP contribution in [-0.4, -0.2) is 42.4 Å². The molecule has 0 aliphatic carbocycles. The fourth-order valence-electron chi connectivity index (χ4n) is 2.76. The van der Waals surface area contributed by atoms with E-state index < -0.39 is 10.8 Å². The molecule has 4 rings (SSSR count). The number of hydrogen-bond acceptors (Lipinski definition) is 10. The van der Waals surface area contributed by atoms with Gasteiger partial charge in [-0.3, -0.25) is 14.9 Å². The van der Waals surface area contributed by atoms with Gasteiger partial charge in [-0.1, -0.05) is 34.5 Å². The van der Waals surface area contributed by atoms with E-state index in [9.17, 15) is 14.9 Å². The van der Waals surface area contributed by atoms with Crippen LogP contribution in [0.25, 0.3) is 17.1 Å². The molecule has 0 radical (unpaired) electrons. The standard InChI is InChI=1S/C18H11Cl2N9O4/c19-12-2-1-3-13(20)11(12)8-22-24-18(30)14-15(9-4-6-10(7-5-9)29(31)32)28(27-23-14)17-16(21)25-33-26-17/h1-8H,(H2,21,25)(H,24,30)/b22-8+. The number of carbonyl (C=O) groups is 1. The summed E-state index contributed by atoms with van der Waals surface area (Å²) in [6.45, 7) is 0. The van der Waals surface area contributed by atoms with Gasteiger partial charge < -0.3 is 5.73 Å². The lowest BCUT2D eigenvalue weighted by atomic mass is 10.1. The summed E-state index contributed by atoms with van der Waals surface area (Å²) in [7, 11) is 0. The first-order valence-electron chi connectivity index (χ1n) is 8.93. The third-order valence-corrected chi connectivity index (χ3v) is 4.95. The van der Waals surface area contributed by atoms with Crippen molar-refractivity contribution in [1.82, 2.24) is 30.7 Å². The summed E-state index contributed by atoms with van der Waals surface area (Å²) < 4.78 is 5.72. The van der Waals surface area contributed by atoms with Crippen LogP contribution in [0.4, 0.5) is 11.5 Å². The van der Waals surface area contributed by atoms with Crippen molar-refractivity contribution in [2.24, 2.45) is 5.10 Å². The van der Waals surface area contributed by atoms with Crippen LogP contribution in [0, 0.1) is 10.1 Å². The van der Waals surface area contributed by atoms with Gasteiger partial charge >= 0.3 is 0 Å². The van der Waals surface area contributed by atoms with Gasteiger partial charge in [0.15, 0.2) is 5.69 Å². The summed E-state index contributed by atoms with van der Waals surface area (Å²) in [4.78, 5) is 23.3. The summed E-state index contributed by atoms with van der Waals surface area (Å²) in [6.07, 6.45) is 1.28. The molecule has 0 saturated heterocycles. The van der Waals surface area contributed by atoms with E-state index in [2.05, 4.69) is 35.8 Å². The number of nitrogen functional groups attached to an aromatic ring is 1. The van der Waals surface area contributed by atoms with E-state index >= 15 is 0 Å². The second-order valence-electron chi connectivity index (χ2n) is 6.31. The van der Waals surface area contributed by atoms with Gasteiger partial charge in [-0.15, -0.1) is 5.10 Å². The summed E-state index contributed by atoms with van der Waals surface area (Å²) in [5.74, 6) is -0.883. The largest absolute Gasteiger partial charge is 0.378 e. The van der Waals surface area contributed by atoms with Crippen LogP contribution >= 0.6 is 23.2 Å². The topological polar surface area (TPSA) is 180 Å². The van der Waals surface area contributed by atoms with Crippen LogP contribution in [0.1, 0.15) is 16.1 Å². The quantitative estimate of drug-likeness (QED) is 0.234. The number of aromatic nitrogens is 5. The summed E-state index contributed by atoms with van der Waals surface area (Å²) >= 11 is 12.2. The van der Waals surface area contributed by atoms with Gasteiger partial charge in [0.05, 0.1) is 21.2 Å². The molecule has 1 amide bonds. The normalized spacial score (nSPS) is 11.1. The lowest BCUT2D eigenvalue weighted by Crippen LogP contribution is -2.19. The Hall–Kier alpha value is -4.36. The molecule has 2 heterocycles. The summed E-state index contributed by atoms with van der Waals surface area (Å²) in [5.41, 5.74) is 8.63. The molecule has 0 fully saturated rings. The van der Waals surface area contributed by atoms with Crippen LogP contribution in [0.3, 0.4) is 0 Å². The van der Waals surface area contributed by atoms with Crippen molar-refractivity contribution in [3.8, 4) is 17.1 Å². The van der Waals surface area contributed by atoms with Crippen LogP contribution < -0.4 is 11.2 Å². The maximum atomic E-state index is 12.8. The molecule has 0 spiro atoms. The van der Waals surface area contributed by atoms with E-state index in [4.69, 9.17) is 28.9 Å². The first-order chi connectivity index (χ1) is 15.9. The first kappa shape index (κ1) is 21.9. The molecule has 0 atom stereocenters. The van der Waals surface area contributed by atoms with Crippen molar-refractivity contribution >= 4 is 46.8 Å². The van der Waals surface area contributed by atoms with E-state index in [1.54, 1.807) is 18.2 Å². The van der Waals surface area contributed by atoms with E-state index in [1.165, 1.54) is 30.5 Å². The number of anilines is 1. The highest BCUT2D eigenvalue weighted by atomic mass is 35.5. The minimum atomic E-state index is -0.746. The number of hydrogen-bond donors (Lipinski definition) is 2. The second-order valence-corrected chi connectivity index (χ2v) is 7.12. The Morgan fingerprint density at radius 2 is 1.88 bits per heavy atom. The van der Waals surface area contributed by atoms with E-state index in [0.717, 1.165) is 4.68 Å². The first-order valence-corrected chi connectivity index (χ1v) is 9.68. The number of rotatable bonds is 6. The molecule has 15 heteroatoms. The molecule has 0 saturated carbocycles. The number of halogens is 2. The Kier molecular flexibility index (Phi) is 5.97. The van der Waals surface area contributed by atoms with E-state index in [-0.39, 0.29) is 28.7 Å². The maximum Gasteiger partial charge on any atom is 0.294 e. The van der Waals surface area contributed by atoms with Crippen molar-refractivity contribution in [3.05, 3.63) is 73.9 Å². The highest BCUT2D eigenvalue weighted by Gasteiger charge is 2.25. The number of benzene rings is 2. The average molecular weight is 488 g/mol. The van der Waals surface area contributed by atoms with E-state index in [0.29, 0.717) is 21.2 Å². The molecule has 2 aromatic carbocycles. The minimum absolute atomic E-state index is 0.0266. The van der Waals surface area contributed by atoms with Gasteiger partial charge in [0.25, 0.3) is 11.6 Å². The van der Waals surface area contributed by atoms with Gasteiger partial charge in [-0.05, 0) is 34.6 Å². The molecule has 0 aliphatic heterocycles. The Morgan fingerprint density at radius 3 is 2.48 bits per heavy atom. The highest BCUT2D eigenvalue weighted by molar-refractivity contribution is 6.38. The number of non-ortho nitro benzene ring substituents is 1. The SMILES string of the molecule is Nc1nonc1-n1nnc(C(=O)N/N=C/c2c(Cl)cccc2Cl)c1-c1ccc([N+](=O)[O-])cc1. The third-order valence-electron chi connectivity index (χ3n) is 4.29. The van der Waals surface area contributed by atoms with Gasteiger partial charge in [-0.2, -0.15) is 9.78 Å². The van der Waals surface area contributed by atoms with Crippen molar-refractivity contribution in [2.75, 3.05) is 5.73 Å². The number of hydrazone groups is 1. The molecule has 3 N–H and O–H groups in total. The Morgan fingerprint density at radius 1 is 1.18 bits per heavy atom. The van der Waals surface area contributed by atoms with Crippen molar-refractivity contribution in [1.29, 1.82) is 0 Å². The number of nitro benzene ring substituents is 1. The molecule has 0 bridgehead atoms. The number of nitrogens with one attached hydrogen (secondary N) is 1. The Balaban J connectivity index is 1.71. The van der Waals surface area contributed by atoms with Crippen LogP contribution in [-0.2, 0) is 0 Å². The summed E-state index contributed by atoms with van der Waals surface area (Å²) in [6, 6.07) is 10.3. The monoisotopic (exact) mass is 487 g/mol. The molecule has 2 aromatic heterocycles. The molecular formula is C18H11Cl2N9O4. The predicted octanol–water partition coefficient (Wildman–Crippen LogP) is 2.88. The van der Waals surface area contributed by atoms with Gasteiger partial charge in [0.1, 0.15) is 5.69 Å². The second kappa shape index (κ2) is 9.02. The Labute approximate surface area is 193 Å². The zero-order valence-corrected chi connectivity index (χ0v) is 17.7. The highest BCUT2D eigenvalue weighted by Crippen LogP contribution is 2.28. The fourth-order valence-corrected chi connectivity index (χ4v) is 3.26. The lowest BCUT2D eigenvalue weighted by molar-refractivity contribution is -0.384. The predicted molar refractivity (Wildman–Crippen MR) is 117 cm³/mol. The number of amides is 1. The maximum absolute atomic E-state index is 12.8. The Bertz CT molecular complexity index is 1360. The van der Waals surface area contributed by atoms with Crippen molar-refractivity contribution < 1.29 is 14.3 Å². The number of nitrogens with two attached hydrogens (primary N) is 1. The molecule has 0 unspecified atom stereocenters. The average Bonchev–Trinajstić information content (AvgIpc) is 3.41. The minimum Gasteiger partial charge on any atom is -0.378 e. The molecule has 33 heavy (non-hydrogen) atoms. The molecule has 166 valence electrons. The smallest absolute Gasteiger partial charge is 0.294 e. The lowest BCUT2D eigenvalue weighted by Gasteiger charge is -2.06. The number of nitro groups is 1. The van der Waals surface area contributed by atoms with Crippen LogP contribution in [0.2, 0.25) is 10.0 Å². The fraction of sp³-hybridized carbons (Fsp3) is 0. The molecular weight excluding hydrogens is 477 g/mol. The van der Waals surface area contributed by atoms with Gasteiger partial charge in [-0.25, -0.2) is 10.1 Å². The number of nitrogens with zero attached hydrogens (tertiary/aromatic N) is 7. The number of carbonyl (C=O) groups excluding carboxylic acids is 1. The van der Waals surface area contributed by atoms with Crippen molar-refractivity contribution in [2.45, 2.75) is 0 Å². The zero-order valence-electron chi connectivity index (χ0n) is 16.2. The molecule has 4 aromatic rings. The third kappa shape index (κ3) is 4.35. The molecule has 13 nitrogen and oxygen atoms in total. The molecule has 0 aliphatic rings. The van der Waals surface area contributed by atoms with Crippen LogP contribution in [0.15, 0.2) is 52.2 Å². The van der Waals surface area contributed by atoms with E-state index in [1.807, 2.05) is 0 Å². The van der Waals surface area contributed by atoms with Crippen molar-refractivity contribution in [3.63, 3.8) is 0 Å². The van der Waals surface area contributed by atoms with Gasteiger partial charge in [0.2, 0.25) is 11.6 Å². The zero-order chi connectivity index (χ0) is 23.5. The van der Waals surface area contributed by atoms with Gasteiger partial charge in [0, 0.05) is 23.3 Å². The van der Waals surface area contributed by atoms with Crippen LogP contribution in [0.5, 0.6) is 0 Å². The summed E-state index contributed by atoms with van der Waals surface area (Å²) in [5, 5.41) is 30.5.